The first-order chi connectivity index (χ1) is 10.5. The standard InChI is InChI=1S/C15H20N2O6/c1-15(2,3)23-14(20)16(4)12(13(18)19)9-10-5-7-11(8-6-10)17(21)22/h5-8,12H,9H2,1-4H3,(H,18,19)/p-1/t12-/m0/s1. The molecule has 0 aromatic heterocycles. The van der Waals surface area contributed by atoms with Gasteiger partial charge in [0.2, 0.25) is 0 Å². The minimum Gasteiger partial charge on any atom is -0.548 e. The van der Waals surface area contributed by atoms with Gasteiger partial charge >= 0.3 is 6.09 Å². The number of non-ortho nitro benzene ring substituents is 1. The average molecular weight is 323 g/mol. The van der Waals surface area contributed by atoms with Gasteiger partial charge in [0, 0.05) is 19.2 Å². The molecule has 1 atom stereocenters. The lowest BCUT2D eigenvalue weighted by Gasteiger charge is -2.31. The molecule has 23 heavy (non-hydrogen) atoms. The van der Waals surface area contributed by atoms with Crippen LogP contribution in [0.5, 0.6) is 0 Å². The van der Waals surface area contributed by atoms with Gasteiger partial charge in [-0.05, 0) is 32.8 Å². The highest BCUT2D eigenvalue weighted by molar-refractivity contribution is 5.79. The number of rotatable bonds is 5. The number of nitrogens with zero attached hydrogens (tertiary/aromatic N) is 2. The zero-order valence-corrected chi connectivity index (χ0v) is 13.4. The van der Waals surface area contributed by atoms with E-state index in [2.05, 4.69) is 0 Å². The summed E-state index contributed by atoms with van der Waals surface area (Å²) in [7, 11) is 1.31. The van der Waals surface area contributed by atoms with Crippen LogP contribution >= 0.6 is 0 Å². The average Bonchev–Trinajstić information content (AvgIpc) is 2.42. The molecule has 0 N–H and O–H groups in total. The summed E-state index contributed by atoms with van der Waals surface area (Å²) in [6.45, 7) is 5.01. The molecule has 0 saturated carbocycles. The Balaban J connectivity index is 2.88. The van der Waals surface area contributed by atoms with Gasteiger partial charge < -0.3 is 19.5 Å². The Morgan fingerprint density at radius 3 is 2.17 bits per heavy atom. The normalized spacial score (nSPS) is 12.3. The molecule has 0 saturated heterocycles. The number of carbonyl (C=O) groups excluding carboxylic acids is 2. The first-order valence-corrected chi connectivity index (χ1v) is 6.91. The van der Waals surface area contributed by atoms with Crippen molar-refractivity contribution in [1.29, 1.82) is 0 Å². The second kappa shape index (κ2) is 7.08. The number of aliphatic carboxylic acids is 1. The maximum Gasteiger partial charge on any atom is 0.410 e. The van der Waals surface area contributed by atoms with Crippen molar-refractivity contribution < 1.29 is 24.4 Å². The molecule has 126 valence electrons. The second-order valence-corrected chi connectivity index (χ2v) is 6.05. The van der Waals surface area contributed by atoms with E-state index in [9.17, 15) is 24.8 Å². The van der Waals surface area contributed by atoms with E-state index in [1.165, 1.54) is 31.3 Å². The van der Waals surface area contributed by atoms with Gasteiger partial charge in [-0.25, -0.2) is 4.79 Å². The number of benzene rings is 1. The van der Waals surface area contributed by atoms with Crippen LogP contribution in [0.4, 0.5) is 10.5 Å². The number of nitro groups is 1. The third-order valence-corrected chi connectivity index (χ3v) is 3.00. The third kappa shape index (κ3) is 5.57. The van der Waals surface area contributed by atoms with E-state index < -0.39 is 28.6 Å². The lowest BCUT2D eigenvalue weighted by Crippen LogP contribution is -2.51. The molecule has 0 heterocycles. The monoisotopic (exact) mass is 323 g/mol. The second-order valence-electron chi connectivity index (χ2n) is 6.05. The zero-order chi connectivity index (χ0) is 17.8. The largest absolute Gasteiger partial charge is 0.548 e. The van der Waals surface area contributed by atoms with Crippen LogP contribution in [-0.2, 0) is 16.0 Å². The molecular weight excluding hydrogens is 304 g/mol. The third-order valence-electron chi connectivity index (χ3n) is 3.00. The van der Waals surface area contributed by atoms with Crippen molar-refractivity contribution in [3.05, 3.63) is 39.9 Å². The fourth-order valence-electron chi connectivity index (χ4n) is 1.82. The molecule has 0 fully saturated rings. The Morgan fingerprint density at radius 2 is 1.78 bits per heavy atom. The lowest BCUT2D eigenvalue weighted by molar-refractivity contribution is -0.384. The molecule has 0 aliphatic carbocycles. The minimum atomic E-state index is -1.43. The van der Waals surface area contributed by atoms with E-state index in [1.807, 2.05) is 0 Å². The zero-order valence-electron chi connectivity index (χ0n) is 13.4. The Labute approximate surface area is 133 Å². The van der Waals surface area contributed by atoms with Crippen LogP contribution in [0.1, 0.15) is 26.3 Å². The molecule has 8 heteroatoms. The summed E-state index contributed by atoms with van der Waals surface area (Å²) in [5, 5.41) is 21.9. The van der Waals surface area contributed by atoms with Crippen molar-refractivity contribution in [2.75, 3.05) is 7.05 Å². The summed E-state index contributed by atoms with van der Waals surface area (Å²) in [6, 6.07) is 4.18. The van der Waals surface area contributed by atoms with Crippen molar-refractivity contribution in [2.24, 2.45) is 0 Å². The number of hydrogen-bond donors (Lipinski definition) is 0. The Hall–Kier alpha value is -2.64. The number of hydrogen-bond acceptors (Lipinski definition) is 6. The number of nitro benzene ring substituents is 1. The van der Waals surface area contributed by atoms with E-state index in [-0.39, 0.29) is 12.1 Å². The van der Waals surface area contributed by atoms with E-state index in [0.717, 1.165) is 4.90 Å². The summed E-state index contributed by atoms with van der Waals surface area (Å²) in [5.41, 5.74) is -0.325. The van der Waals surface area contributed by atoms with Gasteiger partial charge in [-0.3, -0.25) is 10.1 Å². The maximum absolute atomic E-state index is 12.0. The van der Waals surface area contributed by atoms with Crippen LogP contribution in [-0.4, -0.2) is 40.6 Å². The first kappa shape index (κ1) is 18.4. The van der Waals surface area contributed by atoms with Crippen LogP contribution in [0.15, 0.2) is 24.3 Å². The van der Waals surface area contributed by atoms with Crippen molar-refractivity contribution in [1.82, 2.24) is 4.90 Å². The number of carboxylic acid groups (broad SMARTS) is 1. The van der Waals surface area contributed by atoms with Crippen molar-refractivity contribution in [3.63, 3.8) is 0 Å². The molecule has 1 rings (SSSR count). The highest BCUT2D eigenvalue weighted by atomic mass is 16.6. The molecular formula is C15H19N2O6-. The molecule has 0 bridgehead atoms. The van der Waals surface area contributed by atoms with E-state index in [4.69, 9.17) is 4.74 Å². The van der Waals surface area contributed by atoms with Gasteiger partial charge in [-0.2, -0.15) is 0 Å². The summed E-state index contributed by atoms with van der Waals surface area (Å²) < 4.78 is 5.13. The van der Waals surface area contributed by atoms with Crippen LogP contribution in [0.2, 0.25) is 0 Å². The van der Waals surface area contributed by atoms with Gasteiger partial charge in [0.05, 0.1) is 16.9 Å². The minimum absolute atomic E-state index is 0.0456. The van der Waals surface area contributed by atoms with E-state index in [0.29, 0.717) is 5.56 Å². The molecule has 1 aromatic carbocycles. The maximum atomic E-state index is 12.0. The van der Waals surface area contributed by atoms with Crippen molar-refractivity contribution in [2.45, 2.75) is 38.8 Å². The Kier molecular flexibility index (Phi) is 5.67. The topological polar surface area (TPSA) is 113 Å². The summed E-state index contributed by atoms with van der Waals surface area (Å²) in [6.07, 6.45) is -0.829. The molecule has 0 aliphatic rings. The number of likely N-dealkylation sites (N-methyl/N-ethyl adjacent to an activating group) is 1. The predicted molar refractivity (Wildman–Crippen MR) is 79.6 cm³/mol. The highest BCUT2D eigenvalue weighted by Crippen LogP contribution is 2.16. The van der Waals surface area contributed by atoms with Gasteiger partial charge in [0.15, 0.2) is 0 Å². The van der Waals surface area contributed by atoms with Gasteiger partial charge in [-0.1, -0.05) is 12.1 Å². The molecule has 0 unspecified atom stereocenters. The molecule has 8 nitrogen and oxygen atoms in total. The lowest BCUT2D eigenvalue weighted by atomic mass is 10.0. The smallest absolute Gasteiger partial charge is 0.410 e. The molecule has 1 amide bonds. The van der Waals surface area contributed by atoms with Crippen LogP contribution in [0.3, 0.4) is 0 Å². The fraction of sp³-hybridized carbons (Fsp3) is 0.467. The van der Waals surface area contributed by atoms with Gasteiger partial charge in [0.25, 0.3) is 5.69 Å². The Morgan fingerprint density at radius 1 is 1.26 bits per heavy atom. The van der Waals surface area contributed by atoms with Gasteiger partial charge in [-0.15, -0.1) is 0 Å². The van der Waals surface area contributed by atoms with Crippen LogP contribution in [0, 0.1) is 10.1 Å². The molecule has 1 aromatic rings. The number of ether oxygens (including phenoxy) is 1. The molecule has 0 radical (unpaired) electrons. The summed E-state index contributed by atoms with van der Waals surface area (Å²) >= 11 is 0. The SMILES string of the molecule is CN(C(=O)OC(C)(C)C)[C@@H](Cc1ccc([N+](=O)[O-])cc1)C(=O)[O-]. The highest BCUT2D eigenvalue weighted by Gasteiger charge is 2.26. The quantitative estimate of drug-likeness (QED) is 0.593. The first-order valence-electron chi connectivity index (χ1n) is 6.91. The van der Waals surface area contributed by atoms with E-state index in [1.54, 1.807) is 20.8 Å². The van der Waals surface area contributed by atoms with Crippen LogP contribution in [0.25, 0.3) is 0 Å². The van der Waals surface area contributed by atoms with E-state index >= 15 is 0 Å². The fourth-order valence-corrected chi connectivity index (χ4v) is 1.82. The Bertz CT molecular complexity index is 591. The van der Waals surface area contributed by atoms with Gasteiger partial charge in [0.1, 0.15) is 5.60 Å². The predicted octanol–water partition coefficient (Wildman–Crippen LogP) is 1.12. The summed E-state index contributed by atoms with van der Waals surface area (Å²) in [4.78, 5) is 34.3. The number of carboxylic acids is 1. The number of amides is 1. The molecule has 0 spiro atoms. The number of carbonyl (C=O) groups is 2. The van der Waals surface area contributed by atoms with Crippen molar-refractivity contribution >= 4 is 17.7 Å². The molecule has 0 aliphatic heterocycles. The van der Waals surface area contributed by atoms with Crippen molar-refractivity contribution in [3.8, 4) is 0 Å². The summed E-state index contributed by atoms with van der Waals surface area (Å²) in [5.74, 6) is -1.43. The van der Waals surface area contributed by atoms with Crippen LogP contribution < -0.4 is 5.11 Å².